The lowest BCUT2D eigenvalue weighted by Gasteiger charge is -2.07. The van der Waals surface area contributed by atoms with Crippen molar-refractivity contribution in [1.82, 2.24) is 4.57 Å². The van der Waals surface area contributed by atoms with E-state index in [-0.39, 0.29) is 12.1 Å². The van der Waals surface area contributed by atoms with Crippen molar-refractivity contribution in [3.8, 4) is 0 Å². The van der Waals surface area contributed by atoms with Crippen molar-refractivity contribution in [3.05, 3.63) is 59.4 Å². The highest BCUT2D eigenvalue weighted by atomic mass is 16.5. The zero-order chi connectivity index (χ0) is 14.8. The van der Waals surface area contributed by atoms with E-state index < -0.39 is 0 Å². The fourth-order valence-electron chi connectivity index (χ4n) is 2.49. The third-order valence-electron chi connectivity index (χ3n) is 3.92. The molecule has 3 rings (SSSR count). The monoisotopic (exact) mass is 285 g/mol. The molecular formula is C17H19NO3. The second kappa shape index (κ2) is 5.74. The number of aliphatic hydroxyl groups is 1. The number of hydrogen-bond donors (Lipinski definition) is 1. The van der Waals surface area contributed by atoms with Crippen LogP contribution in [-0.2, 0) is 11.3 Å². The molecular weight excluding hydrogens is 266 g/mol. The van der Waals surface area contributed by atoms with E-state index in [0.29, 0.717) is 11.5 Å². The number of carbonyl (C=O) groups excluding carboxylic acids is 1. The fourth-order valence-corrected chi connectivity index (χ4v) is 2.49. The molecule has 1 aromatic carbocycles. The molecule has 4 heteroatoms. The van der Waals surface area contributed by atoms with E-state index in [9.17, 15) is 9.90 Å². The first-order valence-electron chi connectivity index (χ1n) is 7.18. The van der Waals surface area contributed by atoms with E-state index in [4.69, 9.17) is 0 Å². The Hall–Kier alpha value is -2.07. The van der Waals surface area contributed by atoms with Crippen molar-refractivity contribution in [2.45, 2.75) is 25.5 Å². The van der Waals surface area contributed by atoms with Crippen LogP contribution in [0.1, 0.15) is 40.4 Å². The molecule has 1 fully saturated rings. The van der Waals surface area contributed by atoms with Crippen molar-refractivity contribution in [1.29, 1.82) is 0 Å². The van der Waals surface area contributed by atoms with Gasteiger partial charge in [-0.2, -0.15) is 0 Å². The standard InChI is InChI=1S/C17H19NO3/c1-21-17(20)14-4-2-12(3-5-14)10-18-9-8-15(11-18)16(19)13-6-7-13/h2-5,8-9,11,13,16,19H,6-7,10H2,1H3. The van der Waals surface area contributed by atoms with Crippen LogP contribution in [0, 0.1) is 5.92 Å². The summed E-state index contributed by atoms with van der Waals surface area (Å²) >= 11 is 0. The van der Waals surface area contributed by atoms with Gasteiger partial charge in [-0.3, -0.25) is 0 Å². The van der Waals surface area contributed by atoms with E-state index >= 15 is 0 Å². The van der Waals surface area contributed by atoms with Crippen molar-refractivity contribution >= 4 is 5.97 Å². The minimum Gasteiger partial charge on any atom is -0.465 e. The maximum atomic E-state index is 11.4. The van der Waals surface area contributed by atoms with Gasteiger partial charge in [0.05, 0.1) is 18.8 Å². The van der Waals surface area contributed by atoms with Gasteiger partial charge in [0.25, 0.3) is 0 Å². The summed E-state index contributed by atoms with van der Waals surface area (Å²) in [5.74, 6) is 0.123. The Kier molecular flexibility index (Phi) is 3.80. The summed E-state index contributed by atoms with van der Waals surface area (Å²) in [5, 5.41) is 10.1. The lowest BCUT2D eigenvalue weighted by molar-refractivity contribution is 0.0600. The van der Waals surface area contributed by atoms with Crippen LogP contribution in [-0.4, -0.2) is 22.8 Å². The zero-order valence-corrected chi connectivity index (χ0v) is 12.0. The highest BCUT2D eigenvalue weighted by molar-refractivity contribution is 5.89. The number of aromatic nitrogens is 1. The smallest absolute Gasteiger partial charge is 0.337 e. The molecule has 0 aliphatic heterocycles. The summed E-state index contributed by atoms with van der Waals surface area (Å²) < 4.78 is 6.73. The Morgan fingerprint density at radius 3 is 2.67 bits per heavy atom. The highest BCUT2D eigenvalue weighted by Gasteiger charge is 2.31. The Balaban J connectivity index is 1.67. The van der Waals surface area contributed by atoms with Crippen LogP contribution in [0.15, 0.2) is 42.7 Å². The zero-order valence-electron chi connectivity index (χ0n) is 12.0. The van der Waals surface area contributed by atoms with Crippen molar-refractivity contribution < 1.29 is 14.6 Å². The van der Waals surface area contributed by atoms with Gasteiger partial charge in [-0.05, 0) is 48.1 Å². The van der Waals surface area contributed by atoms with Crippen molar-refractivity contribution in [3.63, 3.8) is 0 Å². The predicted molar refractivity (Wildman–Crippen MR) is 79.0 cm³/mol. The molecule has 21 heavy (non-hydrogen) atoms. The molecule has 0 amide bonds. The number of esters is 1. The largest absolute Gasteiger partial charge is 0.465 e. The summed E-state index contributed by atoms with van der Waals surface area (Å²) in [6, 6.07) is 9.35. The van der Waals surface area contributed by atoms with Gasteiger partial charge in [0.1, 0.15) is 0 Å². The van der Waals surface area contributed by atoms with Crippen LogP contribution in [0.25, 0.3) is 0 Å². The second-order valence-electron chi connectivity index (χ2n) is 5.59. The third-order valence-corrected chi connectivity index (χ3v) is 3.92. The van der Waals surface area contributed by atoms with E-state index in [1.807, 2.05) is 35.2 Å². The minimum absolute atomic E-state index is 0.322. The number of aliphatic hydroxyl groups excluding tert-OH is 1. The van der Waals surface area contributed by atoms with Crippen LogP contribution < -0.4 is 0 Å². The summed E-state index contributed by atoms with van der Waals surface area (Å²) in [5.41, 5.74) is 2.65. The predicted octanol–water partition coefficient (Wildman–Crippen LogP) is 2.77. The van der Waals surface area contributed by atoms with Crippen LogP contribution in [0.4, 0.5) is 0 Å². The third kappa shape index (κ3) is 3.16. The second-order valence-corrected chi connectivity index (χ2v) is 5.59. The summed E-state index contributed by atoms with van der Waals surface area (Å²) in [4.78, 5) is 11.4. The quantitative estimate of drug-likeness (QED) is 0.859. The maximum Gasteiger partial charge on any atom is 0.337 e. The lowest BCUT2D eigenvalue weighted by Crippen LogP contribution is -2.02. The van der Waals surface area contributed by atoms with Gasteiger partial charge in [-0.1, -0.05) is 12.1 Å². The Morgan fingerprint density at radius 1 is 1.33 bits per heavy atom. The molecule has 2 aromatic rings. The highest BCUT2D eigenvalue weighted by Crippen LogP contribution is 2.40. The van der Waals surface area contributed by atoms with E-state index in [1.165, 1.54) is 7.11 Å². The van der Waals surface area contributed by atoms with E-state index in [0.717, 1.165) is 30.5 Å². The average Bonchev–Trinajstić information content (AvgIpc) is 3.26. The summed E-state index contributed by atoms with van der Waals surface area (Å²) in [6.45, 7) is 0.721. The Bertz CT molecular complexity index is 626. The number of ether oxygens (including phenoxy) is 1. The molecule has 0 bridgehead atoms. The van der Waals surface area contributed by atoms with Gasteiger partial charge in [-0.15, -0.1) is 0 Å². The van der Waals surface area contributed by atoms with Gasteiger partial charge in [0, 0.05) is 18.9 Å². The topological polar surface area (TPSA) is 51.5 Å². The lowest BCUT2D eigenvalue weighted by atomic mass is 10.1. The molecule has 4 nitrogen and oxygen atoms in total. The molecule has 1 N–H and O–H groups in total. The van der Waals surface area contributed by atoms with E-state index in [2.05, 4.69) is 4.74 Å². The Labute approximate surface area is 124 Å². The van der Waals surface area contributed by atoms with Crippen LogP contribution in [0.3, 0.4) is 0 Å². The first kappa shape index (κ1) is 13.9. The number of methoxy groups -OCH3 is 1. The normalized spacial score (nSPS) is 15.7. The molecule has 1 heterocycles. The fraction of sp³-hybridized carbons (Fsp3) is 0.353. The molecule has 0 radical (unpaired) electrons. The molecule has 1 aromatic heterocycles. The van der Waals surface area contributed by atoms with E-state index in [1.54, 1.807) is 12.1 Å². The van der Waals surface area contributed by atoms with Crippen LogP contribution >= 0.6 is 0 Å². The molecule has 1 aliphatic carbocycles. The van der Waals surface area contributed by atoms with Crippen molar-refractivity contribution in [2.75, 3.05) is 7.11 Å². The number of benzene rings is 1. The van der Waals surface area contributed by atoms with Crippen molar-refractivity contribution in [2.24, 2.45) is 5.92 Å². The molecule has 110 valence electrons. The molecule has 0 spiro atoms. The maximum absolute atomic E-state index is 11.4. The SMILES string of the molecule is COC(=O)c1ccc(Cn2ccc(C(O)C3CC3)c2)cc1. The minimum atomic E-state index is -0.326. The van der Waals surface area contributed by atoms with Gasteiger partial charge in [0.2, 0.25) is 0 Å². The van der Waals surface area contributed by atoms with Crippen LogP contribution in [0.2, 0.25) is 0 Å². The summed E-state index contributed by atoms with van der Waals surface area (Å²) in [6.07, 6.45) is 5.91. The molecule has 1 atom stereocenters. The van der Waals surface area contributed by atoms with Gasteiger partial charge < -0.3 is 14.4 Å². The molecule has 1 aliphatic rings. The average molecular weight is 285 g/mol. The number of hydrogen-bond acceptors (Lipinski definition) is 3. The molecule has 1 saturated carbocycles. The van der Waals surface area contributed by atoms with Gasteiger partial charge >= 0.3 is 5.97 Å². The van der Waals surface area contributed by atoms with Gasteiger partial charge in [0.15, 0.2) is 0 Å². The first-order chi connectivity index (χ1) is 10.2. The number of nitrogens with zero attached hydrogens (tertiary/aromatic N) is 1. The Morgan fingerprint density at radius 2 is 2.05 bits per heavy atom. The van der Waals surface area contributed by atoms with Crippen LogP contribution in [0.5, 0.6) is 0 Å². The number of rotatable bonds is 5. The first-order valence-corrected chi connectivity index (χ1v) is 7.18. The molecule has 1 unspecified atom stereocenters. The number of carbonyl (C=O) groups is 1. The summed E-state index contributed by atoms with van der Waals surface area (Å²) in [7, 11) is 1.38. The molecule has 0 saturated heterocycles. The van der Waals surface area contributed by atoms with Gasteiger partial charge in [-0.25, -0.2) is 4.79 Å².